The SMILES string of the molecule is O=S(=O)(c1ccccc1)c1c(OCc2cccnc2)no[n+]1[O-]. The first-order valence-electron chi connectivity index (χ1n) is 6.50. The lowest BCUT2D eigenvalue weighted by Gasteiger charge is -2.03. The summed E-state index contributed by atoms with van der Waals surface area (Å²) in [7, 11) is -4.11. The number of pyridine rings is 1. The summed E-state index contributed by atoms with van der Waals surface area (Å²) in [6.07, 6.45) is 3.15. The topological polar surface area (TPSA) is 109 Å². The van der Waals surface area contributed by atoms with Gasteiger partial charge in [-0.3, -0.25) is 9.61 Å². The van der Waals surface area contributed by atoms with Gasteiger partial charge >= 0.3 is 10.9 Å². The third-order valence-corrected chi connectivity index (χ3v) is 4.68. The molecule has 2 heterocycles. The molecular weight excluding hydrogens is 322 g/mol. The molecule has 0 aliphatic heterocycles. The third kappa shape index (κ3) is 2.99. The number of rotatable bonds is 5. The van der Waals surface area contributed by atoms with Crippen molar-refractivity contribution in [3.63, 3.8) is 0 Å². The maximum Gasteiger partial charge on any atom is 0.415 e. The second-order valence-electron chi connectivity index (χ2n) is 4.51. The molecular formula is C14H11N3O5S. The molecule has 1 aromatic carbocycles. The van der Waals surface area contributed by atoms with Crippen molar-refractivity contribution in [2.45, 2.75) is 16.5 Å². The van der Waals surface area contributed by atoms with Gasteiger partial charge < -0.3 is 9.94 Å². The molecule has 9 heteroatoms. The van der Waals surface area contributed by atoms with Crippen LogP contribution in [0.5, 0.6) is 5.88 Å². The normalized spacial score (nSPS) is 11.3. The van der Waals surface area contributed by atoms with E-state index in [0.29, 0.717) is 5.56 Å². The number of benzene rings is 1. The Morgan fingerprint density at radius 1 is 1.17 bits per heavy atom. The van der Waals surface area contributed by atoms with Crippen LogP contribution in [0.3, 0.4) is 0 Å². The molecule has 0 amide bonds. The number of hydrogen-bond donors (Lipinski definition) is 0. The predicted octanol–water partition coefficient (Wildman–Crippen LogP) is 1.11. The number of ether oxygens (including phenoxy) is 1. The summed E-state index contributed by atoms with van der Waals surface area (Å²) < 4.78 is 34.8. The lowest BCUT2D eigenvalue weighted by atomic mass is 10.3. The molecule has 0 bridgehead atoms. The first-order valence-corrected chi connectivity index (χ1v) is 7.99. The Bertz CT molecular complexity index is 895. The van der Waals surface area contributed by atoms with Crippen LogP contribution in [0.25, 0.3) is 0 Å². The molecule has 0 N–H and O–H groups in total. The molecule has 0 saturated heterocycles. The molecule has 0 radical (unpaired) electrons. The summed E-state index contributed by atoms with van der Waals surface area (Å²) in [6, 6.07) is 10.9. The molecule has 0 unspecified atom stereocenters. The molecule has 3 rings (SSSR count). The van der Waals surface area contributed by atoms with Crippen molar-refractivity contribution in [2.24, 2.45) is 0 Å². The smallest absolute Gasteiger partial charge is 0.415 e. The standard InChI is InChI=1S/C14H11N3O5S/c18-17-14(23(19,20)12-6-2-1-3-7-12)13(16-22-17)21-10-11-5-4-8-15-9-11/h1-9H,10H2. The van der Waals surface area contributed by atoms with E-state index >= 15 is 0 Å². The van der Waals surface area contributed by atoms with Gasteiger partial charge in [-0.25, -0.2) is 8.42 Å². The molecule has 0 spiro atoms. The van der Waals surface area contributed by atoms with E-state index in [-0.39, 0.29) is 16.4 Å². The van der Waals surface area contributed by atoms with Crippen molar-refractivity contribution in [1.29, 1.82) is 0 Å². The second-order valence-corrected chi connectivity index (χ2v) is 6.37. The van der Waals surface area contributed by atoms with Gasteiger partial charge in [-0.1, -0.05) is 24.3 Å². The fourth-order valence-corrected chi connectivity index (χ4v) is 3.17. The number of nitrogens with zero attached hydrogens (tertiary/aromatic N) is 3. The van der Waals surface area contributed by atoms with Crippen molar-refractivity contribution in [1.82, 2.24) is 10.1 Å². The van der Waals surface area contributed by atoms with E-state index in [0.717, 1.165) is 0 Å². The van der Waals surface area contributed by atoms with Crippen LogP contribution in [-0.2, 0) is 16.4 Å². The lowest BCUT2D eigenvalue weighted by molar-refractivity contribution is -0.832. The summed E-state index contributed by atoms with van der Waals surface area (Å²) in [5.74, 6) is -0.396. The molecule has 118 valence electrons. The predicted molar refractivity (Wildman–Crippen MR) is 75.9 cm³/mol. The Hall–Kier alpha value is -2.94. The minimum absolute atomic E-state index is 0.00230. The van der Waals surface area contributed by atoms with Gasteiger partial charge in [0.05, 0.1) is 10.1 Å². The Kier molecular flexibility index (Phi) is 3.94. The molecule has 0 aliphatic carbocycles. The zero-order valence-corrected chi connectivity index (χ0v) is 12.5. The van der Waals surface area contributed by atoms with Gasteiger partial charge in [-0.2, -0.15) is 0 Å². The van der Waals surface area contributed by atoms with E-state index in [1.54, 1.807) is 42.7 Å². The second kappa shape index (κ2) is 6.05. The molecule has 0 aliphatic rings. The van der Waals surface area contributed by atoms with E-state index in [1.165, 1.54) is 12.1 Å². The summed E-state index contributed by atoms with van der Waals surface area (Å²) in [4.78, 5) is 3.68. The van der Waals surface area contributed by atoms with Crippen LogP contribution in [-0.4, -0.2) is 18.6 Å². The highest BCUT2D eigenvalue weighted by molar-refractivity contribution is 7.91. The monoisotopic (exact) mass is 333 g/mol. The third-order valence-electron chi connectivity index (χ3n) is 2.95. The lowest BCUT2D eigenvalue weighted by Crippen LogP contribution is -2.30. The summed E-state index contributed by atoms with van der Waals surface area (Å²) in [6.45, 7) is -0.00230. The zero-order chi connectivity index (χ0) is 16.3. The van der Waals surface area contributed by atoms with Crippen molar-refractivity contribution in [2.75, 3.05) is 0 Å². The average Bonchev–Trinajstić information content (AvgIpc) is 2.96. The van der Waals surface area contributed by atoms with Crippen LogP contribution in [0.2, 0.25) is 0 Å². The first kappa shape index (κ1) is 15.0. The van der Waals surface area contributed by atoms with Gasteiger partial charge in [-0.15, -0.1) is 0 Å². The molecule has 0 fully saturated rings. The molecule has 0 atom stereocenters. The van der Waals surface area contributed by atoms with Crippen molar-refractivity contribution in [3.8, 4) is 5.88 Å². The van der Waals surface area contributed by atoms with Gasteiger partial charge in [0, 0.05) is 18.0 Å². The Morgan fingerprint density at radius 3 is 2.65 bits per heavy atom. The van der Waals surface area contributed by atoms with Crippen LogP contribution in [0, 0.1) is 5.21 Å². The van der Waals surface area contributed by atoms with Crippen molar-refractivity contribution < 1.29 is 22.7 Å². The van der Waals surface area contributed by atoms with Crippen LogP contribution in [0.15, 0.2) is 69.4 Å². The highest BCUT2D eigenvalue weighted by Gasteiger charge is 2.35. The Morgan fingerprint density at radius 2 is 1.96 bits per heavy atom. The number of aromatic nitrogens is 3. The quantitative estimate of drug-likeness (QED) is 0.643. The average molecular weight is 333 g/mol. The van der Waals surface area contributed by atoms with E-state index in [1.807, 2.05) is 0 Å². The maximum atomic E-state index is 12.5. The van der Waals surface area contributed by atoms with Gasteiger partial charge in [0.25, 0.3) is 9.84 Å². The molecule has 3 aromatic rings. The number of hydrogen-bond acceptors (Lipinski definition) is 7. The maximum absolute atomic E-state index is 12.5. The van der Waals surface area contributed by atoms with Gasteiger partial charge in [-0.05, 0) is 23.1 Å². The van der Waals surface area contributed by atoms with Crippen LogP contribution in [0.1, 0.15) is 5.56 Å². The van der Waals surface area contributed by atoms with Gasteiger partial charge in [0.2, 0.25) is 0 Å². The Labute approximate surface area is 131 Å². The first-order chi connectivity index (χ1) is 11.1. The summed E-state index contributed by atoms with van der Waals surface area (Å²) >= 11 is 0. The van der Waals surface area contributed by atoms with Crippen molar-refractivity contribution in [3.05, 3.63) is 65.6 Å². The summed E-state index contributed by atoms with van der Waals surface area (Å²) in [5.41, 5.74) is 0.691. The number of sulfone groups is 1. The molecule has 2 aromatic heterocycles. The zero-order valence-electron chi connectivity index (χ0n) is 11.7. The Balaban J connectivity index is 1.93. The molecule has 0 saturated carbocycles. The fraction of sp³-hybridized carbons (Fsp3) is 0.0714. The van der Waals surface area contributed by atoms with E-state index in [9.17, 15) is 13.6 Å². The summed E-state index contributed by atoms with van der Waals surface area (Å²) in [5, 5.41) is 14.4. The minimum Gasteiger partial charge on any atom is -0.449 e. The van der Waals surface area contributed by atoms with Crippen LogP contribution < -0.4 is 9.64 Å². The van der Waals surface area contributed by atoms with E-state index in [4.69, 9.17) is 4.74 Å². The largest absolute Gasteiger partial charge is 0.449 e. The minimum atomic E-state index is -4.11. The highest BCUT2D eigenvalue weighted by Crippen LogP contribution is 2.25. The van der Waals surface area contributed by atoms with Crippen LogP contribution in [0.4, 0.5) is 0 Å². The van der Waals surface area contributed by atoms with Crippen molar-refractivity contribution >= 4 is 9.84 Å². The molecule has 8 nitrogen and oxygen atoms in total. The van der Waals surface area contributed by atoms with Gasteiger partial charge in [0.1, 0.15) is 6.61 Å². The highest BCUT2D eigenvalue weighted by atomic mass is 32.2. The van der Waals surface area contributed by atoms with E-state index < -0.39 is 20.7 Å². The van der Waals surface area contributed by atoms with Crippen LogP contribution >= 0.6 is 0 Å². The molecule has 23 heavy (non-hydrogen) atoms. The van der Waals surface area contributed by atoms with Gasteiger partial charge in [0.15, 0.2) is 0 Å². The van der Waals surface area contributed by atoms with E-state index in [2.05, 4.69) is 14.8 Å². The fourth-order valence-electron chi connectivity index (χ4n) is 1.88.